The van der Waals surface area contributed by atoms with E-state index in [0.29, 0.717) is 0 Å². The van der Waals surface area contributed by atoms with Gasteiger partial charge >= 0.3 is 0 Å². The summed E-state index contributed by atoms with van der Waals surface area (Å²) in [5, 5.41) is 2.50. The normalized spacial score (nSPS) is 12.0. The highest BCUT2D eigenvalue weighted by Gasteiger charge is 2.16. The zero-order valence-electron chi connectivity index (χ0n) is 8.05. The van der Waals surface area contributed by atoms with Gasteiger partial charge in [-0.1, -0.05) is 6.92 Å². The molecule has 2 amide bonds. The number of nitrogens with zero attached hydrogens (tertiary/aromatic N) is 1. The minimum Gasteiger partial charge on any atom is -0.359 e. The highest BCUT2D eigenvalue weighted by molar-refractivity contribution is 5.85. The fourth-order valence-corrected chi connectivity index (χ4v) is 0.784. The number of amides is 2. The van der Waals surface area contributed by atoms with Crippen molar-refractivity contribution in [3.8, 4) is 0 Å². The van der Waals surface area contributed by atoms with Gasteiger partial charge in [0.1, 0.15) is 0 Å². The number of rotatable bonds is 3. The highest BCUT2D eigenvalue weighted by atomic mass is 16.2. The Bertz CT molecular complexity index is 178. The molecule has 1 N–H and O–H groups in total. The van der Waals surface area contributed by atoms with E-state index in [1.54, 1.807) is 28.1 Å². The molecule has 0 rings (SSSR count). The molecule has 4 heteroatoms. The van der Waals surface area contributed by atoms with Gasteiger partial charge in [-0.3, -0.25) is 9.59 Å². The van der Waals surface area contributed by atoms with Crippen molar-refractivity contribution in [2.24, 2.45) is 5.92 Å². The van der Waals surface area contributed by atoms with E-state index in [-0.39, 0.29) is 24.2 Å². The summed E-state index contributed by atoms with van der Waals surface area (Å²) >= 11 is 0. The third-order valence-electron chi connectivity index (χ3n) is 1.67. The van der Waals surface area contributed by atoms with Gasteiger partial charge in [0.25, 0.3) is 0 Å². The van der Waals surface area contributed by atoms with E-state index < -0.39 is 0 Å². The van der Waals surface area contributed by atoms with Crippen LogP contribution in [0.3, 0.4) is 0 Å². The van der Waals surface area contributed by atoms with Gasteiger partial charge in [-0.15, -0.1) is 0 Å². The Morgan fingerprint density at radius 1 is 1.42 bits per heavy atom. The Morgan fingerprint density at radius 2 is 1.92 bits per heavy atom. The molecule has 0 aliphatic heterocycles. The Hall–Kier alpha value is -1.06. The fourth-order valence-electron chi connectivity index (χ4n) is 0.784. The molecule has 0 bridgehead atoms. The molecule has 4 nitrogen and oxygen atoms in total. The average Bonchev–Trinajstić information content (AvgIpc) is 2.02. The molecule has 1 atom stereocenters. The van der Waals surface area contributed by atoms with Gasteiger partial charge in [0.2, 0.25) is 11.8 Å². The second-order valence-electron chi connectivity index (χ2n) is 3.01. The lowest BCUT2D eigenvalue weighted by Gasteiger charge is -2.13. The molecule has 0 aromatic rings. The Kier molecular flexibility index (Phi) is 4.33. The zero-order valence-corrected chi connectivity index (χ0v) is 8.05. The van der Waals surface area contributed by atoms with Crippen LogP contribution in [0.1, 0.15) is 13.3 Å². The van der Waals surface area contributed by atoms with Gasteiger partial charge in [0.05, 0.1) is 0 Å². The van der Waals surface area contributed by atoms with E-state index >= 15 is 0 Å². The summed E-state index contributed by atoms with van der Waals surface area (Å²) < 4.78 is 0. The van der Waals surface area contributed by atoms with Gasteiger partial charge in [-0.2, -0.15) is 0 Å². The molecule has 0 saturated heterocycles. The van der Waals surface area contributed by atoms with Crippen LogP contribution in [0.2, 0.25) is 0 Å². The van der Waals surface area contributed by atoms with Crippen LogP contribution >= 0.6 is 0 Å². The first-order valence-corrected chi connectivity index (χ1v) is 3.90. The van der Waals surface area contributed by atoms with Crippen LogP contribution in [0, 0.1) is 5.92 Å². The number of hydrogen-bond donors (Lipinski definition) is 1. The molecule has 0 saturated carbocycles. The Morgan fingerprint density at radius 3 is 2.25 bits per heavy atom. The zero-order chi connectivity index (χ0) is 9.72. The van der Waals surface area contributed by atoms with Gasteiger partial charge in [0.15, 0.2) is 0 Å². The minimum atomic E-state index is -0.245. The van der Waals surface area contributed by atoms with Gasteiger partial charge < -0.3 is 10.2 Å². The van der Waals surface area contributed by atoms with Crippen molar-refractivity contribution in [1.29, 1.82) is 0 Å². The number of carbonyl (C=O) groups excluding carboxylic acids is 2. The lowest BCUT2D eigenvalue weighted by Crippen LogP contribution is -2.31. The van der Waals surface area contributed by atoms with E-state index in [4.69, 9.17) is 0 Å². The predicted octanol–water partition coefficient (Wildman–Crippen LogP) is -0.153. The quantitative estimate of drug-likeness (QED) is 0.643. The van der Waals surface area contributed by atoms with Gasteiger partial charge in [-0.25, -0.2) is 0 Å². The number of nitrogens with one attached hydrogen (secondary N) is 1. The summed E-state index contributed by atoms with van der Waals surface area (Å²) in [6.07, 6.45) is 0.271. The van der Waals surface area contributed by atoms with Crippen molar-refractivity contribution in [2.45, 2.75) is 13.3 Å². The molecular weight excluding hydrogens is 156 g/mol. The monoisotopic (exact) mass is 172 g/mol. The SMILES string of the molecule is CNC(=O)C(C)CC(=O)N(C)C. The van der Waals surface area contributed by atoms with Crippen LogP contribution in [-0.2, 0) is 9.59 Å². The van der Waals surface area contributed by atoms with E-state index in [0.717, 1.165) is 0 Å². The third kappa shape index (κ3) is 3.37. The molecule has 0 aliphatic rings. The van der Waals surface area contributed by atoms with E-state index in [1.165, 1.54) is 4.90 Å². The van der Waals surface area contributed by atoms with Crippen LogP contribution in [-0.4, -0.2) is 37.9 Å². The van der Waals surface area contributed by atoms with E-state index in [9.17, 15) is 9.59 Å². The lowest BCUT2D eigenvalue weighted by molar-refractivity contribution is -0.133. The van der Waals surface area contributed by atoms with Gasteiger partial charge in [-0.05, 0) is 0 Å². The van der Waals surface area contributed by atoms with E-state index in [2.05, 4.69) is 5.32 Å². The maximum atomic E-state index is 11.1. The molecule has 0 aliphatic carbocycles. The fraction of sp³-hybridized carbons (Fsp3) is 0.750. The smallest absolute Gasteiger partial charge is 0.223 e. The Labute approximate surface area is 72.9 Å². The molecule has 12 heavy (non-hydrogen) atoms. The lowest BCUT2D eigenvalue weighted by atomic mass is 10.1. The first-order valence-electron chi connectivity index (χ1n) is 3.90. The summed E-state index contributed by atoms with van der Waals surface area (Å²) in [7, 11) is 4.93. The predicted molar refractivity (Wildman–Crippen MR) is 46.5 cm³/mol. The largest absolute Gasteiger partial charge is 0.359 e. The van der Waals surface area contributed by atoms with E-state index in [1.807, 2.05) is 0 Å². The molecule has 0 heterocycles. The maximum Gasteiger partial charge on any atom is 0.223 e. The Balaban J connectivity index is 3.92. The summed E-state index contributed by atoms with van der Waals surface area (Å²) in [6, 6.07) is 0. The molecule has 0 fully saturated rings. The second kappa shape index (κ2) is 4.74. The van der Waals surface area contributed by atoms with Crippen LogP contribution in [0.4, 0.5) is 0 Å². The average molecular weight is 172 g/mol. The highest BCUT2D eigenvalue weighted by Crippen LogP contribution is 2.02. The molecule has 0 aromatic heterocycles. The summed E-state index contributed by atoms with van der Waals surface area (Å²) in [6.45, 7) is 1.74. The third-order valence-corrected chi connectivity index (χ3v) is 1.67. The van der Waals surface area contributed by atoms with Crippen molar-refractivity contribution >= 4 is 11.8 Å². The first-order chi connectivity index (χ1) is 5.49. The molecular formula is C8H16N2O2. The van der Waals surface area contributed by atoms with Crippen molar-refractivity contribution in [3.63, 3.8) is 0 Å². The van der Waals surface area contributed by atoms with Crippen molar-refractivity contribution in [3.05, 3.63) is 0 Å². The van der Waals surface area contributed by atoms with Gasteiger partial charge in [0, 0.05) is 33.5 Å². The standard InChI is InChI=1S/C8H16N2O2/c1-6(8(12)9-2)5-7(11)10(3)4/h6H,5H2,1-4H3,(H,9,12). The van der Waals surface area contributed by atoms with Crippen molar-refractivity contribution in [2.75, 3.05) is 21.1 Å². The molecule has 0 aromatic carbocycles. The molecule has 70 valence electrons. The number of hydrogen-bond acceptors (Lipinski definition) is 2. The first kappa shape index (κ1) is 10.9. The van der Waals surface area contributed by atoms with Crippen LogP contribution in [0.25, 0.3) is 0 Å². The maximum absolute atomic E-state index is 11.1. The second-order valence-corrected chi connectivity index (χ2v) is 3.01. The van der Waals surface area contributed by atoms with Crippen molar-refractivity contribution in [1.82, 2.24) is 10.2 Å². The van der Waals surface area contributed by atoms with Crippen LogP contribution in [0.15, 0.2) is 0 Å². The minimum absolute atomic E-state index is 0.0221. The molecule has 1 unspecified atom stereocenters. The number of carbonyl (C=O) groups is 2. The topological polar surface area (TPSA) is 49.4 Å². The summed E-state index contributed by atoms with van der Waals surface area (Å²) in [4.78, 5) is 23.6. The van der Waals surface area contributed by atoms with Crippen LogP contribution in [0.5, 0.6) is 0 Å². The van der Waals surface area contributed by atoms with Crippen molar-refractivity contribution < 1.29 is 9.59 Å². The summed E-state index contributed by atoms with van der Waals surface area (Å²) in [5.74, 6) is -0.360. The molecule has 0 radical (unpaired) electrons. The summed E-state index contributed by atoms with van der Waals surface area (Å²) in [5.41, 5.74) is 0. The molecule has 0 spiro atoms. The van der Waals surface area contributed by atoms with Crippen LogP contribution < -0.4 is 5.32 Å².